The van der Waals surface area contributed by atoms with Crippen molar-refractivity contribution in [1.29, 1.82) is 5.26 Å². The topological polar surface area (TPSA) is 33.0 Å². The molecule has 0 spiro atoms. The Labute approximate surface area is 86.2 Å². The van der Waals surface area contributed by atoms with E-state index >= 15 is 0 Å². The number of rotatable bonds is 2. The molecule has 1 heterocycles. The highest BCUT2D eigenvalue weighted by Gasteiger charge is 2.32. The molecule has 0 aromatic carbocycles. The van der Waals surface area contributed by atoms with Gasteiger partial charge in [0.25, 0.3) is 0 Å². The zero-order chi connectivity index (χ0) is 9.80. The quantitative estimate of drug-likeness (QED) is 0.675. The molecule has 0 amide bonds. The first kappa shape index (κ1) is 9.98. The van der Waals surface area contributed by atoms with Gasteiger partial charge in [-0.3, -0.25) is 0 Å². The van der Waals surface area contributed by atoms with Gasteiger partial charge in [-0.05, 0) is 25.2 Å². The maximum atomic E-state index is 9.23. The SMILES string of the molecule is N#CC(C1CCCCC1)C1CCOC1. The molecule has 0 N–H and O–H groups in total. The number of nitriles is 1. The Kier molecular flexibility index (Phi) is 3.42. The van der Waals surface area contributed by atoms with E-state index in [4.69, 9.17) is 4.74 Å². The van der Waals surface area contributed by atoms with E-state index in [0.717, 1.165) is 19.6 Å². The largest absolute Gasteiger partial charge is 0.381 e. The monoisotopic (exact) mass is 193 g/mol. The van der Waals surface area contributed by atoms with Crippen LogP contribution in [0.15, 0.2) is 0 Å². The van der Waals surface area contributed by atoms with Gasteiger partial charge < -0.3 is 4.74 Å². The fourth-order valence-electron chi connectivity index (χ4n) is 2.92. The number of hydrogen-bond acceptors (Lipinski definition) is 2. The van der Waals surface area contributed by atoms with Gasteiger partial charge in [-0.1, -0.05) is 19.3 Å². The standard InChI is InChI=1S/C12H19NO/c13-8-12(11-6-7-14-9-11)10-4-2-1-3-5-10/h10-12H,1-7,9H2. The molecule has 2 heteroatoms. The summed E-state index contributed by atoms with van der Waals surface area (Å²) in [7, 11) is 0. The molecule has 2 atom stereocenters. The molecule has 14 heavy (non-hydrogen) atoms. The summed E-state index contributed by atoms with van der Waals surface area (Å²) in [5.74, 6) is 1.47. The second-order valence-electron chi connectivity index (χ2n) is 4.68. The van der Waals surface area contributed by atoms with Gasteiger partial charge in [-0.15, -0.1) is 0 Å². The number of hydrogen-bond donors (Lipinski definition) is 0. The van der Waals surface area contributed by atoms with Crippen LogP contribution < -0.4 is 0 Å². The molecular weight excluding hydrogens is 174 g/mol. The van der Waals surface area contributed by atoms with E-state index in [1.165, 1.54) is 32.1 Å². The summed E-state index contributed by atoms with van der Waals surface area (Å²) in [4.78, 5) is 0. The van der Waals surface area contributed by atoms with E-state index in [-0.39, 0.29) is 5.92 Å². The predicted molar refractivity (Wildman–Crippen MR) is 54.6 cm³/mol. The van der Waals surface area contributed by atoms with Gasteiger partial charge in [0, 0.05) is 12.5 Å². The Morgan fingerprint density at radius 2 is 1.86 bits per heavy atom. The van der Waals surface area contributed by atoms with Crippen molar-refractivity contribution in [3.8, 4) is 6.07 Å². The van der Waals surface area contributed by atoms with Gasteiger partial charge in [0.15, 0.2) is 0 Å². The number of nitrogens with zero attached hydrogens (tertiary/aromatic N) is 1. The average Bonchev–Trinajstić information content (AvgIpc) is 2.74. The predicted octanol–water partition coefficient (Wildman–Crippen LogP) is 2.74. The number of ether oxygens (including phenoxy) is 1. The normalized spacial score (nSPS) is 31.2. The molecule has 1 saturated heterocycles. The molecule has 2 unspecified atom stereocenters. The van der Waals surface area contributed by atoms with Crippen molar-refractivity contribution < 1.29 is 4.74 Å². The summed E-state index contributed by atoms with van der Waals surface area (Å²) < 4.78 is 5.38. The zero-order valence-corrected chi connectivity index (χ0v) is 8.74. The van der Waals surface area contributed by atoms with E-state index in [0.29, 0.717) is 11.8 Å². The third-order valence-electron chi connectivity index (χ3n) is 3.78. The molecule has 0 aromatic rings. The molecule has 1 aliphatic heterocycles. The van der Waals surface area contributed by atoms with Crippen molar-refractivity contribution in [2.24, 2.45) is 17.8 Å². The van der Waals surface area contributed by atoms with Crippen molar-refractivity contribution in [1.82, 2.24) is 0 Å². The minimum Gasteiger partial charge on any atom is -0.381 e. The van der Waals surface area contributed by atoms with Crippen LogP contribution >= 0.6 is 0 Å². The summed E-state index contributed by atoms with van der Waals surface area (Å²) >= 11 is 0. The van der Waals surface area contributed by atoms with Crippen LogP contribution in [0.1, 0.15) is 38.5 Å². The summed E-state index contributed by atoms with van der Waals surface area (Å²) in [6.45, 7) is 1.70. The molecule has 0 bridgehead atoms. The molecule has 1 aliphatic carbocycles. The fraction of sp³-hybridized carbons (Fsp3) is 0.917. The molecular formula is C12H19NO. The first-order valence-electron chi connectivity index (χ1n) is 5.89. The molecule has 1 saturated carbocycles. The third-order valence-corrected chi connectivity index (χ3v) is 3.78. The van der Waals surface area contributed by atoms with Crippen LogP contribution in [-0.4, -0.2) is 13.2 Å². The van der Waals surface area contributed by atoms with E-state index < -0.39 is 0 Å². The first-order chi connectivity index (χ1) is 6.92. The molecule has 2 fully saturated rings. The summed E-state index contributed by atoms with van der Waals surface area (Å²) in [6, 6.07) is 2.53. The second-order valence-corrected chi connectivity index (χ2v) is 4.68. The van der Waals surface area contributed by atoms with Crippen molar-refractivity contribution in [2.45, 2.75) is 38.5 Å². The highest BCUT2D eigenvalue weighted by atomic mass is 16.5. The van der Waals surface area contributed by atoms with Crippen LogP contribution in [0.25, 0.3) is 0 Å². The lowest BCUT2D eigenvalue weighted by atomic mass is 9.74. The van der Waals surface area contributed by atoms with Crippen LogP contribution in [0.3, 0.4) is 0 Å². The smallest absolute Gasteiger partial charge is 0.0662 e. The third kappa shape index (κ3) is 2.09. The highest BCUT2D eigenvalue weighted by molar-refractivity contribution is 4.94. The van der Waals surface area contributed by atoms with Gasteiger partial charge in [0.2, 0.25) is 0 Å². The summed E-state index contributed by atoms with van der Waals surface area (Å²) in [5.41, 5.74) is 0. The van der Waals surface area contributed by atoms with Crippen LogP contribution in [0, 0.1) is 29.1 Å². The highest BCUT2D eigenvalue weighted by Crippen LogP contribution is 2.36. The van der Waals surface area contributed by atoms with E-state index in [9.17, 15) is 5.26 Å². The Hall–Kier alpha value is -0.550. The van der Waals surface area contributed by atoms with E-state index in [2.05, 4.69) is 6.07 Å². The molecule has 2 rings (SSSR count). The van der Waals surface area contributed by atoms with Crippen LogP contribution in [0.5, 0.6) is 0 Å². The van der Waals surface area contributed by atoms with Crippen molar-refractivity contribution in [2.75, 3.05) is 13.2 Å². The zero-order valence-electron chi connectivity index (χ0n) is 8.74. The first-order valence-corrected chi connectivity index (χ1v) is 5.89. The fourth-order valence-corrected chi connectivity index (χ4v) is 2.92. The van der Waals surface area contributed by atoms with E-state index in [1.807, 2.05) is 0 Å². The lowest BCUT2D eigenvalue weighted by molar-refractivity contribution is 0.159. The van der Waals surface area contributed by atoms with Gasteiger partial charge >= 0.3 is 0 Å². The van der Waals surface area contributed by atoms with Gasteiger partial charge in [-0.2, -0.15) is 5.26 Å². The molecule has 0 aromatic heterocycles. The van der Waals surface area contributed by atoms with Crippen LogP contribution in [0.4, 0.5) is 0 Å². The lowest BCUT2D eigenvalue weighted by Crippen LogP contribution is -2.24. The Balaban J connectivity index is 1.93. The minimum atomic E-state index is 0.276. The average molecular weight is 193 g/mol. The van der Waals surface area contributed by atoms with E-state index in [1.54, 1.807) is 0 Å². The van der Waals surface area contributed by atoms with Gasteiger partial charge in [-0.25, -0.2) is 0 Å². The van der Waals surface area contributed by atoms with Crippen LogP contribution in [0.2, 0.25) is 0 Å². The maximum absolute atomic E-state index is 9.23. The summed E-state index contributed by atoms with van der Waals surface area (Å²) in [5, 5.41) is 9.23. The van der Waals surface area contributed by atoms with Gasteiger partial charge in [0.05, 0.1) is 18.6 Å². The van der Waals surface area contributed by atoms with Crippen LogP contribution in [-0.2, 0) is 4.74 Å². The molecule has 78 valence electrons. The maximum Gasteiger partial charge on any atom is 0.0662 e. The Morgan fingerprint density at radius 1 is 1.07 bits per heavy atom. The molecule has 0 radical (unpaired) electrons. The second kappa shape index (κ2) is 4.79. The van der Waals surface area contributed by atoms with Gasteiger partial charge in [0.1, 0.15) is 0 Å². The van der Waals surface area contributed by atoms with Crippen molar-refractivity contribution in [3.63, 3.8) is 0 Å². The Bertz CT molecular complexity index is 209. The Morgan fingerprint density at radius 3 is 2.43 bits per heavy atom. The molecule has 2 nitrogen and oxygen atoms in total. The molecule has 2 aliphatic rings. The summed E-state index contributed by atoms with van der Waals surface area (Å²) in [6.07, 6.45) is 7.68. The van der Waals surface area contributed by atoms with Crippen molar-refractivity contribution >= 4 is 0 Å². The lowest BCUT2D eigenvalue weighted by Gasteiger charge is -2.28. The minimum absolute atomic E-state index is 0.276. The van der Waals surface area contributed by atoms with Crippen molar-refractivity contribution in [3.05, 3.63) is 0 Å².